The summed E-state index contributed by atoms with van der Waals surface area (Å²) in [6.07, 6.45) is 10.1. The molecule has 0 radical (unpaired) electrons. The lowest BCUT2D eigenvalue weighted by Crippen LogP contribution is -1.98. The first-order valence-corrected chi connectivity index (χ1v) is 3.99. The summed E-state index contributed by atoms with van der Waals surface area (Å²) in [6, 6.07) is 0. The lowest BCUT2D eigenvalue weighted by Gasteiger charge is -1.97. The molecule has 0 amide bonds. The quantitative estimate of drug-likeness (QED) is 0.600. The van der Waals surface area contributed by atoms with Crippen LogP contribution in [0.3, 0.4) is 0 Å². The predicted molar refractivity (Wildman–Crippen MR) is 51.4 cm³/mol. The third-order valence-corrected chi connectivity index (χ3v) is 1.43. The van der Waals surface area contributed by atoms with Gasteiger partial charge in [-0.25, -0.2) is 0 Å². The van der Waals surface area contributed by atoms with Crippen LogP contribution in [0.15, 0.2) is 36.5 Å². The summed E-state index contributed by atoms with van der Waals surface area (Å²) in [7, 11) is 0. The number of rotatable bonds is 5. The van der Waals surface area contributed by atoms with Crippen molar-refractivity contribution in [3.63, 3.8) is 0 Å². The van der Waals surface area contributed by atoms with E-state index in [1.165, 1.54) is 5.57 Å². The van der Waals surface area contributed by atoms with Crippen molar-refractivity contribution in [1.82, 2.24) is 0 Å². The molecule has 62 valence electrons. The zero-order chi connectivity index (χ0) is 8.53. The molecule has 0 fully saturated rings. The Hall–Kier alpha value is -0.820. The van der Waals surface area contributed by atoms with Crippen LogP contribution in [0.25, 0.3) is 0 Å². The maximum absolute atomic E-state index is 5.38. The summed E-state index contributed by atoms with van der Waals surface area (Å²) in [5, 5.41) is 0. The predicted octanol–water partition coefficient (Wildman–Crippen LogP) is 2.41. The van der Waals surface area contributed by atoms with Crippen LogP contribution >= 0.6 is 0 Å². The average molecular weight is 151 g/mol. The Morgan fingerprint density at radius 1 is 1.55 bits per heavy atom. The minimum atomic E-state index is 0.751. The van der Waals surface area contributed by atoms with Crippen molar-refractivity contribution in [2.75, 3.05) is 6.54 Å². The maximum atomic E-state index is 5.38. The highest BCUT2D eigenvalue weighted by Crippen LogP contribution is 2.04. The summed E-state index contributed by atoms with van der Waals surface area (Å²) < 4.78 is 0. The molecule has 0 aliphatic rings. The fraction of sp³-hybridized carbons (Fsp3) is 0.400. The average Bonchev–Trinajstić information content (AvgIpc) is 2.05. The van der Waals surface area contributed by atoms with E-state index in [-0.39, 0.29) is 0 Å². The fourth-order valence-electron chi connectivity index (χ4n) is 0.779. The van der Waals surface area contributed by atoms with Crippen LogP contribution in [-0.4, -0.2) is 6.54 Å². The van der Waals surface area contributed by atoms with E-state index >= 15 is 0 Å². The van der Waals surface area contributed by atoms with Crippen molar-refractivity contribution >= 4 is 0 Å². The lowest BCUT2D eigenvalue weighted by molar-refractivity contribution is 0.836. The SMILES string of the molecule is C=C/C(=C\C=C/C)CCCN. The van der Waals surface area contributed by atoms with Crippen molar-refractivity contribution in [3.8, 4) is 0 Å². The third kappa shape index (κ3) is 5.62. The van der Waals surface area contributed by atoms with Gasteiger partial charge in [0.05, 0.1) is 0 Å². The van der Waals surface area contributed by atoms with Crippen molar-refractivity contribution in [2.45, 2.75) is 19.8 Å². The molecule has 0 saturated heterocycles. The lowest BCUT2D eigenvalue weighted by atomic mass is 10.1. The molecule has 0 rings (SSSR count). The summed E-state index contributed by atoms with van der Waals surface area (Å²) in [4.78, 5) is 0. The zero-order valence-electron chi connectivity index (χ0n) is 7.22. The zero-order valence-corrected chi connectivity index (χ0v) is 7.22. The highest BCUT2D eigenvalue weighted by Gasteiger charge is 1.87. The molecule has 0 aliphatic carbocycles. The molecule has 0 aromatic carbocycles. The Bertz CT molecular complexity index is 154. The van der Waals surface area contributed by atoms with Crippen molar-refractivity contribution in [1.29, 1.82) is 0 Å². The summed E-state index contributed by atoms with van der Waals surface area (Å²) >= 11 is 0. The van der Waals surface area contributed by atoms with E-state index in [1.54, 1.807) is 0 Å². The minimum Gasteiger partial charge on any atom is -0.330 e. The molecule has 0 unspecified atom stereocenters. The van der Waals surface area contributed by atoms with Gasteiger partial charge in [-0.2, -0.15) is 0 Å². The standard InChI is InChI=1S/C10H17N/c1-3-5-7-10(4-2)8-6-9-11/h3-5,7H,2,6,8-9,11H2,1H3/b5-3-,10-7+. The van der Waals surface area contributed by atoms with Gasteiger partial charge < -0.3 is 5.73 Å². The van der Waals surface area contributed by atoms with Crippen molar-refractivity contribution in [3.05, 3.63) is 36.5 Å². The number of hydrogen-bond acceptors (Lipinski definition) is 1. The van der Waals surface area contributed by atoms with Gasteiger partial charge in [-0.3, -0.25) is 0 Å². The second-order valence-electron chi connectivity index (χ2n) is 2.36. The molecule has 0 aromatic heterocycles. The van der Waals surface area contributed by atoms with E-state index in [1.807, 2.05) is 25.2 Å². The molecule has 0 aromatic rings. The topological polar surface area (TPSA) is 26.0 Å². The maximum Gasteiger partial charge on any atom is -0.00741 e. The van der Waals surface area contributed by atoms with Crippen LogP contribution in [-0.2, 0) is 0 Å². The van der Waals surface area contributed by atoms with Crippen molar-refractivity contribution < 1.29 is 0 Å². The Morgan fingerprint density at radius 2 is 2.27 bits per heavy atom. The molecule has 0 atom stereocenters. The monoisotopic (exact) mass is 151 g/mol. The van der Waals surface area contributed by atoms with E-state index in [2.05, 4.69) is 12.7 Å². The number of nitrogens with two attached hydrogens (primary N) is 1. The molecule has 0 aliphatic heterocycles. The molecular formula is C10H17N. The summed E-state index contributed by atoms with van der Waals surface area (Å²) in [6.45, 7) is 6.47. The second kappa shape index (κ2) is 7.29. The van der Waals surface area contributed by atoms with Gasteiger partial charge in [-0.05, 0) is 31.9 Å². The van der Waals surface area contributed by atoms with Crippen LogP contribution in [0, 0.1) is 0 Å². The molecule has 0 saturated carbocycles. The van der Waals surface area contributed by atoms with Crippen LogP contribution in [0.4, 0.5) is 0 Å². The van der Waals surface area contributed by atoms with Crippen LogP contribution in [0.2, 0.25) is 0 Å². The van der Waals surface area contributed by atoms with Gasteiger partial charge in [0.25, 0.3) is 0 Å². The first kappa shape index (κ1) is 10.2. The van der Waals surface area contributed by atoms with E-state index < -0.39 is 0 Å². The van der Waals surface area contributed by atoms with Crippen molar-refractivity contribution in [2.24, 2.45) is 5.73 Å². The second-order valence-corrected chi connectivity index (χ2v) is 2.36. The molecule has 2 N–H and O–H groups in total. The fourth-order valence-corrected chi connectivity index (χ4v) is 0.779. The molecular weight excluding hydrogens is 134 g/mol. The van der Waals surface area contributed by atoms with Gasteiger partial charge in [0, 0.05) is 0 Å². The van der Waals surface area contributed by atoms with E-state index in [0.29, 0.717) is 0 Å². The molecule has 11 heavy (non-hydrogen) atoms. The van der Waals surface area contributed by atoms with Gasteiger partial charge in [0.1, 0.15) is 0 Å². The third-order valence-electron chi connectivity index (χ3n) is 1.43. The van der Waals surface area contributed by atoms with Gasteiger partial charge in [-0.15, -0.1) is 0 Å². The molecule has 0 heterocycles. The Labute approximate surface area is 69.3 Å². The number of allylic oxidation sites excluding steroid dienone is 5. The van der Waals surface area contributed by atoms with Gasteiger partial charge in [-0.1, -0.05) is 30.9 Å². The van der Waals surface area contributed by atoms with Gasteiger partial charge in [0.15, 0.2) is 0 Å². The van der Waals surface area contributed by atoms with E-state index in [0.717, 1.165) is 19.4 Å². The first-order valence-electron chi connectivity index (χ1n) is 3.99. The van der Waals surface area contributed by atoms with Crippen LogP contribution in [0.1, 0.15) is 19.8 Å². The first-order chi connectivity index (χ1) is 5.35. The summed E-state index contributed by atoms with van der Waals surface area (Å²) in [5.74, 6) is 0. The number of hydrogen-bond donors (Lipinski definition) is 1. The highest BCUT2D eigenvalue weighted by atomic mass is 14.5. The molecule has 0 spiro atoms. The largest absolute Gasteiger partial charge is 0.330 e. The normalized spacial score (nSPS) is 12.4. The van der Waals surface area contributed by atoms with E-state index in [9.17, 15) is 0 Å². The van der Waals surface area contributed by atoms with Gasteiger partial charge in [0.2, 0.25) is 0 Å². The molecule has 1 heteroatoms. The Kier molecular flexibility index (Phi) is 6.75. The smallest absolute Gasteiger partial charge is 0.00741 e. The Morgan fingerprint density at radius 3 is 2.73 bits per heavy atom. The Balaban J connectivity index is 3.83. The minimum absolute atomic E-state index is 0.751. The molecule has 0 bridgehead atoms. The van der Waals surface area contributed by atoms with Crippen LogP contribution in [0.5, 0.6) is 0 Å². The van der Waals surface area contributed by atoms with E-state index in [4.69, 9.17) is 5.73 Å². The summed E-state index contributed by atoms with van der Waals surface area (Å²) in [5.41, 5.74) is 6.64. The highest BCUT2D eigenvalue weighted by molar-refractivity contribution is 5.21. The molecule has 1 nitrogen and oxygen atoms in total. The van der Waals surface area contributed by atoms with Crippen LogP contribution < -0.4 is 5.73 Å². The van der Waals surface area contributed by atoms with Gasteiger partial charge >= 0.3 is 0 Å².